The average Bonchev–Trinajstić information content (AvgIpc) is 2.72. The lowest BCUT2D eigenvalue weighted by molar-refractivity contribution is -0.385. The molecule has 0 aliphatic carbocycles. The quantitative estimate of drug-likeness (QED) is 0.249. The van der Waals surface area contributed by atoms with Gasteiger partial charge in [-0.15, -0.1) is 0 Å². The van der Waals surface area contributed by atoms with Gasteiger partial charge in [-0.3, -0.25) is 14.9 Å². The molecule has 30 heavy (non-hydrogen) atoms. The Hall–Kier alpha value is -3.51. The van der Waals surface area contributed by atoms with Crippen molar-refractivity contribution in [2.45, 2.75) is 11.3 Å². The fourth-order valence-electron chi connectivity index (χ4n) is 2.31. The van der Waals surface area contributed by atoms with Crippen molar-refractivity contribution in [2.75, 3.05) is 25.0 Å². The fraction of sp³-hybridized carbons (Fsp3) is 0.222. The Kier molecular flexibility index (Phi) is 8.26. The van der Waals surface area contributed by atoms with Crippen molar-refractivity contribution in [3.63, 3.8) is 0 Å². The van der Waals surface area contributed by atoms with E-state index in [1.165, 1.54) is 18.2 Å². The molecule has 0 heterocycles. The molecule has 12 heteroatoms. The summed E-state index contributed by atoms with van der Waals surface area (Å²) in [6, 6.07) is 13.0. The Morgan fingerprint density at radius 1 is 0.933 bits per heavy atom. The van der Waals surface area contributed by atoms with E-state index in [1.54, 1.807) is 24.3 Å². The van der Waals surface area contributed by atoms with E-state index in [2.05, 4.69) is 20.7 Å². The molecule has 3 amide bonds. The zero-order valence-electron chi connectivity index (χ0n) is 15.8. The van der Waals surface area contributed by atoms with Crippen molar-refractivity contribution in [1.82, 2.24) is 15.4 Å². The topological polar surface area (TPSA) is 160 Å². The van der Waals surface area contributed by atoms with Crippen LogP contribution in [0.1, 0.15) is 6.42 Å². The van der Waals surface area contributed by atoms with Gasteiger partial charge in [0.25, 0.3) is 5.69 Å². The number of rotatable bonds is 10. The summed E-state index contributed by atoms with van der Waals surface area (Å²) in [5.41, 5.74) is 0.283. The second-order valence-corrected chi connectivity index (χ2v) is 7.77. The third kappa shape index (κ3) is 7.48. The van der Waals surface area contributed by atoms with E-state index in [1.807, 2.05) is 6.07 Å². The van der Waals surface area contributed by atoms with Crippen LogP contribution in [0.25, 0.3) is 0 Å². The van der Waals surface area contributed by atoms with Crippen LogP contribution in [0, 0.1) is 10.1 Å². The summed E-state index contributed by atoms with van der Waals surface area (Å²) in [6.07, 6.45) is 0.0137. The van der Waals surface area contributed by atoms with E-state index in [0.717, 1.165) is 6.07 Å². The molecule has 0 aromatic heterocycles. The standard InChI is InChI=1S/C18H21N5O6S/c24-17(9-10-20-18(25)22-14-5-2-1-3-6-14)19-11-12-21-30(28,29)16-8-4-7-15(13-16)23(26)27/h1-8,13,21H,9-12H2,(H,19,24)(H2,20,22,25). The minimum Gasteiger partial charge on any atom is -0.355 e. The molecule has 0 atom stereocenters. The zero-order valence-corrected chi connectivity index (χ0v) is 16.6. The average molecular weight is 435 g/mol. The van der Waals surface area contributed by atoms with Crippen LogP contribution in [0.4, 0.5) is 16.2 Å². The van der Waals surface area contributed by atoms with Gasteiger partial charge in [0.2, 0.25) is 15.9 Å². The predicted molar refractivity (Wildman–Crippen MR) is 109 cm³/mol. The molecule has 0 saturated heterocycles. The first-order valence-corrected chi connectivity index (χ1v) is 10.4. The summed E-state index contributed by atoms with van der Waals surface area (Å²) in [6.45, 7) is 0.0196. The molecule has 0 spiro atoms. The molecule has 11 nitrogen and oxygen atoms in total. The Morgan fingerprint density at radius 2 is 1.67 bits per heavy atom. The molecule has 0 fully saturated rings. The normalized spacial score (nSPS) is 10.8. The van der Waals surface area contributed by atoms with Crippen LogP contribution in [0.2, 0.25) is 0 Å². The number of nitro groups is 1. The third-order valence-electron chi connectivity index (χ3n) is 3.75. The molecule has 2 aromatic carbocycles. The first-order valence-electron chi connectivity index (χ1n) is 8.88. The van der Waals surface area contributed by atoms with Gasteiger partial charge < -0.3 is 16.0 Å². The van der Waals surface area contributed by atoms with Gasteiger partial charge in [0.15, 0.2) is 0 Å². The highest BCUT2D eigenvalue weighted by Crippen LogP contribution is 2.16. The number of anilines is 1. The van der Waals surface area contributed by atoms with E-state index in [0.29, 0.717) is 5.69 Å². The van der Waals surface area contributed by atoms with Gasteiger partial charge in [-0.2, -0.15) is 0 Å². The lowest BCUT2D eigenvalue weighted by Gasteiger charge is -2.09. The summed E-state index contributed by atoms with van der Waals surface area (Å²) >= 11 is 0. The number of carbonyl (C=O) groups is 2. The van der Waals surface area contributed by atoms with Gasteiger partial charge in [-0.25, -0.2) is 17.9 Å². The summed E-state index contributed by atoms with van der Waals surface area (Å²) in [5, 5.41) is 18.4. The summed E-state index contributed by atoms with van der Waals surface area (Å²) in [7, 11) is -3.94. The second kappa shape index (κ2) is 10.9. The van der Waals surface area contributed by atoms with Crippen molar-refractivity contribution in [2.24, 2.45) is 0 Å². The number of non-ortho nitro benzene ring substituents is 1. The van der Waals surface area contributed by atoms with Crippen LogP contribution in [0.5, 0.6) is 0 Å². The third-order valence-corrected chi connectivity index (χ3v) is 5.21. The van der Waals surface area contributed by atoms with Crippen molar-refractivity contribution in [3.8, 4) is 0 Å². The Bertz CT molecular complexity index is 997. The molecule has 0 radical (unpaired) electrons. The number of benzene rings is 2. The maximum atomic E-state index is 12.1. The molecule has 0 bridgehead atoms. The van der Waals surface area contributed by atoms with E-state index < -0.39 is 21.0 Å². The highest BCUT2D eigenvalue weighted by molar-refractivity contribution is 7.89. The number of nitrogens with zero attached hydrogens (tertiary/aromatic N) is 1. The maximum absolute atomic E-state index is 12.1. The molecule has 2 rings (SSSR count). The number of urea groups is 1. The minimum absolute atomic E-state index is 0.0137. The number of nitro benzene ring substituents is 1. The van der Waals surface area contributed by atoms with Crippen molar-refractivity contribution in [1.29, 1.82) is 0 Å². The van der Waals surface area contributed by atoms with E-state index in [4.69, 9.17) is 0 Å². The highest BCUT2D eigenvalue weighted by Gasteiger charge is 2.17. The highest BCUT2D eigenvalue weighted by atomic mass is 32.2. The van der Waals surface area contributed by atoms with Gasteiger partial charge >= 0.3 is 6.03 Å². The van der Waals surface area contributed by atoms with Gasteiger partial charge in [0.05, 0.1) is 9.82 Å². The Morgan fingerprint density at radius 3 is 2.37 bits per heavy atom. The van der Waals surface area contributed by atoms with Gasteiger partial charge in [0.1, 0.15) is 0 Å². The van der Waals surface area contributed by atoms with Gasteiger partial charge in [0, 0.05) is 43.9 Å². The number of para-hydroxylation sites is 1. The first kappa shape index (κ1) is 22.8. The number of nitrogens with one attached hydrogen (secondary N) is 4. The van der Waals surface area contributed by atoms with Crippen LogP contribution in [0.15, 0.2) is 59.5 Å². The van der Waals surface area contributed by atoms with E-state index in [9.17, 15) is 28.1 Å². The SMILES string of the molecule is O=C(CCNC(=O)Nc1ccccc1)NCCNS(=O)(=O)c1cccc([N+](=O)[O-])c1. The number of carbonyl (C=O) groups excluding carboxylic acids is 2. The fourth-order valence-corrected chi connectivity index (χ4v) is 3.38. The molecule has 0 saturated carbocycles. The molecule has 0 aliphatic heterocycles. The summed E-state index contributed by atoms with van der Waals surface area (Å²) < 4.78 is 26.5. The zero-order chi connectivity index (χ0) is 22.0. The van der Waals surface area contributed by atoms with Gasteiger partial charge in [-0.05, 0) is 18.2 Å². The first-order chi connectivity index (χ1) is 14.3. The summed E-state index contributed by atoms with van der Waals surface area (Å²) in [4.78, 5) is 33.3. The Labute approximate surface area is 173 Å². The molecule has 4 N–H and O–H groups in total. The lowest BCUT2D eigenvalue weighted by Crippen LogP contribution is -2.37. The van der Waals surface area contributed by atoms with Crippen LogP contribution < -0.4 is 20.7 Å². The van der Waals surface area contributed by atoms with Crippen LogP contribution in [-0.4, -0.2) is 44.9 Å². The number of sulfonamides is 1. The molecule has 0 aliphatic rings. The second-order valence-electron chi connectivity index (χ2n) is 6.00. The monoisotopic (exact) mass is 435 g/mol. The van der Waals surface area contributed by atoms with E-state index >= 15 is 0 Å². The maximum Gasteiger partial charge on any atom is 0.319 e. The largest absolute Gasteiger partial charge is 0.355 e. The van der Waals surface area contributed by atoms with Crippen molar-refractivity contribution in [3.05, 3.63) is 64.7 Å². The molecule has 2 aromatic rings. The van der Waals surface area contributed by atoms with E-state index in [-0.39, 0.29) is 42.5 Å². The van der Waals surface area contributed by atoms with Crippen LogP contribution in [0.3, 0.4) is 0 Å². The van der Waals surface area contributed by atoms with Gasteiger partial charge in [-0.1, -0.05) is 24.3 Å². The smallest absolute Gasteiger partial charge is 0.319 e. The van der Waals surface area contributed by atoms with Crippen LogP contribution in [-0.2, 0) is 14.8 Å². The Balaban J connectivity index is 1.66. The van der Waals surface area contributed by atoms with Crippen LogP contribution >= 0.6 is 0 Å². The number of amides is 3. The van der Waals surface area contributed by atoms with Crippen molar-refractivity contribution < 1.29 is 22.9 Å². The van der Waals surface area contributed by atoms with Crippen molar-refractivity contribution >= 4 is 33.3 Å². The molecular weight excluding hydrogens is 414 g/mol. The molecule has 0 unspecified atom stereocenters. The predicted octanol–water partition coefficient (Wildman–Crippen LogP) is 1.20. The molecule has 160 valence electrons. The minimum atomic E-state index is -3.94. The number of hydrogen-bond donors (Lipinski definition) is 4. The lowest BCUT2D eigenvalue weighted by atomic mass is 10.3. The summed E-state index contributed by atoms with van der Waals surface area (Å²) in [5.74, 6) is -0.371. The molecular formula is C18H21N5O6S. The number of hydrogen-bond acceptors (Lipinski definition) is 6.